The summed E-state index contributed by atoms with van der Waals surface area (Å²) >= 11 is 0. The highest BCUT2D eigenvalue weighted by Crippen LogP contribution is 2.15. The number of hydrogen-bond acceptors (Lipinski definition) is 3. The number of amides is 1. The lowest BCUT2D eigenvalue weighted by Crippen LogP contribution is -2.36. The van der Waals surface area contributed by atoms with Crippen LogP contribution in [0.3, 0.4) is 0 Å². The number of hydrogen-bond donors (Lipinski definition) is 0. The Bertz CT molecular complexity index is 784. The standard InChI is InChI=1S/C25H38N4O/c1-21(2)18-23-19-24(27(3)26-23)25(30)29-16-10-5-4-9-14-28(15-11-17-29)20-22-12-7-6-8-13-22/h6-8,12-13,19,21H,4-5,9-11,14-18,20H2,1-3H3. The number of aryl methyl sites for hydroxylation is 1. The van der Waals surface area contributed by atoms with Crippen molar-refractivity contribution in [3.05, 3.63) is 53.3 Å². The third-order valence-corrected chi connectivity index (χ3v) is 5.86. The van der Waals surface area contributed by atoms with E-state index in [1.165, 1.54) is 24.8 Å². The highest BCUT2D eigenvalue weighted by molar-refractivity contribution is 5.92. The van der Waals surface area contributed by atoms with E-state index in [-0.39, 0.29) is 5.91 Å². The fraction of sp³-hybridized carbons (Fsp3) is 0.600. The van der Waals surface area contributed by atoms with Gasteiger partial charge in [-0.2, -0.15) is 5.10 Å². The van der Waals surface area contributed by atoms with Gasteiger partial charge in [-0.3, -0.25) is 14.4 Å². The maximum atomic E-state index is 13.3. The molecule has 0 spiro atoms. The van der Waals surface area contributed by atoms with Gasteiger partial charge in [0.05, 0.1) is 5.69 Å². The van der Waals surface area contributed by atoms with Crippen molar-refractivity contribution >= 4 is 5.91 Å². The summed E-state index contributed by atoms with van der Waals surface area (Å²) in [4.78, 5) is 17.9. The maximum Gasteiger partial charge on any atom is 0.272 e. The van der Waals surface area contributed by atoms with Gasteiger partial charge in [0.1, 0.15) is 5.69 Å². The Hall–Kier alpha value is -2.14. The molecule has 5 nitrogen and oxygen atoms in total. The first-order valence-corrected chi connectivity index (χ1v) is 11.6. The molecule has 1 fully saturated rings. The van der Waals surface area contributed by atoms with Crippen LogP contribution in [-0.4, -0.2) is 51.7 Å². The van der Waals surface area contributed by atoms with Gasteiger partial charge < -0.3 is 4.90 Å². The van der Waals surface area contributed by atoms with E-state index in [1.807, 2.05) is 13.1 Å². The predicted molar refractivity (Wildman–Crippen MR) is 122 cm³/mol. The number of carbonyl (C=O) groups excluding carboxylic acids is 1. The first-order valence-electron chi connectivity index (χ1n) is 11.6. The zero-order valence-electron chi connectivity index (χ0n) is 19.0. The van der Waals surface area contributed by atoms with Crippen molar-refractivity contribution in [1.29, 1.82) is 0 Å². The molecule has 164 valence electrons. The first-order chi connectivity index (χ1) is 14.5. The summed E-state index contributed by atoms with van der Waals surface area (Å²) < 4.78 is 1.77. The monoisotopic (exact) mass is 410 g/mol. The van der Waals surface area contributed by atoms with Crippen LogP contribution in [0.1, 0.15) is 67.7 Å². The Labute approximate surface area is 182 Å². The minimum absolute atomic E-state index is 0.133. The summed E-state index contributed by atoms with van der Waals surface area (Å²) in [5.74, 6) is 0.671. The van der Waals surface area contributed by atoms with Crippen LogP contribution in [-0.2, 0) is 20.0 Å². The normalized spacial score (nSPS) is 17.1. The first kappa shape index (κ1) is 22.5. The summed E-state index contributed by atoms with van der Waals surface area (Å²) in [5.41, 5.74) is 3.11. The molecular formula is C25H38N4O. The smallest absolute Gasteiger partial charge is 0.272 e. The van der Waals surface area contributed by atoms with E-state index < -0.39 is 0 Å². The highest BCUT2D eigenvalue weighted by Gasteiger charge is 2.21. The molecule has 1 amide bonds. The molecule has 0 saturated carbocycles. The van der Waals surface area contributed by atoms with Crippen LogP contribution in [0.2, 0.25) is 0 Å². The van der Waals surface area contributed by atoms with Gasteiger partial charge in [0, 0.05) is 33.2 Å². The molecule has 2 aromatic rings. The Morgan fingerprint density at radius 2 is 1.63 bits per heavy atom. The molecule has 0 atom stereocenters. The molecule has 2 heterocycles. The molecule has 30 heavy (non-hydrogen) atoms. The van der Waals surface area contributed by atoms with Crippen molar-refractivity contribution in [3.63, 3.8) is 0 Å². The quantitative estimate of drug-likeness (QED) is 0.727. The van der Waals surface area contributed by atoms with E-state index in [2.05, 4.69) is 59.1 Å². The number of nitrogens with zero attached hydrogens (tertiary/aromatic N) is 4. The summed E-state index contributed by atoms with van der Waals surface area (Å²) in [6.07, 6.45) is 6.66. The van der Waals surface area contributed by atoms with Crippen LogP contribution in [0.25, 0.3) is 0 Å². The van der Waals surface area contributed by atoms with Crippen LogP contribution < -0.4 is 0 Å². The fourth-order valence-electron chi connectivity index (χ4n) is 4.31. The van der Waals surface area contributed by atoms with E-state index in [1.54, 1.807) is 4.68 Å². The zero-order chi connectivity index (χ0) is 21.3. The van der Waals surface area contributed by atoms with Crippen molar-refractivity contribution in [2.75, 3.05) is 26.2 Å². The van der Waals surface area contributed by atoms with Gasteiger partial charge in [-0.25, -0.2) is 0 Å². The minimum Gasteiger partial charge on any atom is -0.337 e. The van der Waals surface area contributed by atoms with Gasteiger partial charge >= 0.3 is 0 Å². The van der Waals surface area contributed by atoms with Crippen LogP contribution in [0.15, 0.2) is 36.4 Å². The molecule has 1 aromatic carbocycles. The van der Waals surface area contributed by atoms with E-state index in [0.717, 1.165) is 63.4 Å². The third kappa shape index (κ3) is 6.69. The molecule has 5 heteroatoms. The Kier molecular flexibility index (Phi) is 8.50. The third-order valence-electron chi connectivity index (χ3n) is 5.86. The zero-order valence-corrected chi connectivity index (χ0v) is 19.0. The maximum absolute atomic E-state index is 13.3. The van der Waals surface area contributed by atoms with Crippen molar-refractivity contribution in [2.45, 2.75) is 58.9 Å². The topological polar surface area (TPSA) is 41.4 Å². The molecule has 0 aliphatic carbocycles. The van der Waals surface area contributed by atoms with Crippen LogP contribution in [0, 0.1) is 5.92 Å². The Morgan fingerprint density at radius 1 is 0.967 bits per heavy atom. The molecule has 0 unspecified atom stereocenters. The molecule has 0 bridgehead atoms. The molecule has 0 radical (unpaired) electrons. The largest absolute Gasteiger partial charge is 0.337 e. The van der Waals surface area contributed by atoms with Crippen LogP contribution in [0.5, 0.6) is 0 Å². The number of benzene rings is 1. The number of carbonyl (C=O) groups is 1. The van der Waals surface area contributed by atoms with E-state index in [9.17, 15) is 4.79 Å². The van der Waals surface area contributed by atoms with Crippen molar-refractivity contribution in [3.8, 4) is 0 Å². The molecule has 1 aromatic heterocycles. The summed E-state index contributed by atoms with van der Waals surface area (Å²) in [6, 6.07) is 12.7. The second-order valence-electron chi connectivity index (χ2n) is 9.06. The Morgan fingerprint density at radius 3 is 2.37 bits per heavy atom. The van der Waals surface area contributed by atoms with E-state index >= 15 is 0 Å². The molecule has 1 aliphatic rings. The van der Waals surface area contributed by atoms with Crippen LogP contribution in [0.4, 0.5) is 0 Å². The molecule has 3 rings (SSSR count). The second kappa shape index (κ2) is 11.3. The lowest BCUT2D eigenvalue weighted by Gasteiger charge is -2.25. The summed E-state index contributed by atoms with van der Waals surface area (Å²) in [7, 11) is 1.89. The SMILES string of the molecule is CC(C)Cc1cc(C(=O)N2CCCCCCN(Cc3ccccc3)CCC2)n(C)n1. The van der Waals surface area contributed by atoms with Gasteiger partial charge in [0.25, 0.3) is 5.91 Å². The van der Waals surface area contributed by atoms with Crippen molar-refractivity contribution in [1.82, 2.24) is 19.6 Å². The van der Waals surface area contributed by atoms with Gasteiger partial charge in [0.2, 0.25) is 0 Å². The summed E-state index contributed by atoms with van der Waals surface area (Å²) in [6.45, 7) is 9.20. The predicted octanol–water partition coefficient (Wildman–Crippen LogP) is 4.53. The fourth-order valence-corrected chi connectivity index (χ4v) is 4.31. The average molecular weight is 411 g/mol. The van der Waals surface area contributed by atoms with Crippen molar-refractivity contribution in [2.24, 2.45) is 13.0 Å². The van der Waals surface area contributed by atoms with Gasteiger partial charge in [-0.05, 0) is 49.8 Å². The van der Waals surface area contributed by atoms with E-state index in [4.69, 9.17) is 0 Å². The van der Waals surface area contributed by atoms with Gasteiger partial charge in [-0.15, -0.1) is 0 Å². The highest BCUT2D eigenvalue weighted by atomic mass is 16.2. The number of rotatable bonds is 5. The van der Waals surface area contributed by atoms with Gasteiger partial charge in [0.15, 0.2) is 0 Å². The minimum atomic E-state index is 0.133. The number of aromatic nitrogens is 2. The lowest BCUT2D eigenvalue weighted by atomic mass is 10.1. The second-order valence-corrected chi connectivity index (χ2v) is 9.06. The molecular weight excluding hydrogens is 372 g/mol. The molecule has 1 saturated heterocycles. The lowest BCUT2D eigenvalue weighted by molar-refractivity contribution is 0.0735. The summed E-state index contributed by atoms with van der Waals surface area (Å²) in [5, 5.41) is 4.58. The van der Waals surface area contributed by atoms with Crippen molar-refractivity contribution < 1.29 is 4.79 Å². The molecule has 1 aliphatic heterocycles. The van der Waals surface area contributed by atoms with E-state index in [0.29, 0.717) is 5.92 Å². The van der Waals surface area contributed by atoms with Gasteiger partial charge in [-0.1, -0.05) is 57.0 Å². The average Bonchev–Trinajstić information content (AvgIpc) is 3.05. The molecule has 0 N–H and O–H groups in total. The Balaban J connectivity index is 1.64. The van der Waals surface area contributed by atoms with Crippen LogP contribution >= 0.6 is 0 Å².